The number of hydrogen-bond donors (Lipinski definition) is 2. The number of aromatic amines is 1. The molecule has 5 rings (SSSR count). The molecule has 0 aliphatic heterocycles. The highest BCUT2D eigenvalue weighted by Gasteiger charge is 2.24. The Morgan fingerprint density at radius 2 is 1.74 bits per heavy atom. The minimum atomic E-state index is -1.00. The molecular formula is C29H28N6O3. The number of methoxy groups -OCH3 is 1. The summed E-state index contributed by atoms with van der Waals surface area (Å²) in [7, 11) is 1.60. The molecule has 192 valence electrons. The van der Waals surface area contributed by atoms with Crippen LogP contribution in [0.25, 0.3) is 28.2 Å². The van der Waals surface area contributed by atoms with Gasteiger partial charge in [0.15, 0.2) is 11.5 Å². The molecule has 0 aliphatic rings. The summed E-state index contributed by atoms with van der Waals surface area (Å²) in [4.78, 5) is 12.5. The first kappa shape index (κ1) is 24.9. The summed E-state index contributed by atoms with van der Waals surface area (Å²) < 4.78 is 6.80. The van der Waals surface area contributed by atoms with E-state index in [9.17, 15) is 9.90 Å². The Bertz CT molecular complexity index is 1520. The Labute approximate surface area is 220 Å². The van der Waals surface area contributed by atoms with Crippen molar-refractivity contribution in [1.82, 2.24) is 30.4 Å². The number of carbonyl (C=O) groups is 1. The van der Waals surface area contributed by atoms with Gasteiger partial charge in [-0.05, 0) is 64.2 Å². The molecule has 0 saturated heterocycles. The summed E-state index contributed by atoms with van der Waals surface area (Å²) in [5, 5.41) is 29.3. The van der Waals surface area contributed by atoms with Crippen LogP contribution < -0.4 is 4.74 Å². The maximum absolute atomic E-state index is 12.5. The maximum atomic E-state index is 12.5. The molecule has 0 unspecified atom stereocenters. The van der Waals surface area contributed by atoms with E-state index in [1.54, 1.807) is 19.2 Å². The molecule has 0 fully saturated rings. The molecule has 0 saturated carbocycles. The third-order valence-electron chi connectivity index (χ3n) is 6.53. The van der Waals surface area contributed by atoms with E-state index in [2.05, 4.69) is 27.5 Å². The SMILES string of the molecule is CCCCc1nn(-c2ccc(OC)cc2)c(C(=O)O)c1Cc1ccc(-c2ccccc2-c2nnn[nH]2)cc1. The predicted octanol–water partition coefficient (Wildman–Crippen LogP) is 5.36. The highest BCUT2D eigenvalue weighted by Crippen LogP contribution is 2.31. The Morgan fingerprint density at radius 3 is 2.37 bits per heavy atom. The standard InChI is InChI=1S/C29H28N6O3/c1-3-4-9-26-25(27(29(36)37)35(32-26)21-14-16-22(38-2)17-15-21)18-19-10-12-20(13-11-19)23-7-5-6-8-24(23)28-30-33-34-31-28/h5-8,10-17H,3-4,9,18H2,1-2H3,(H,36,37)(H,30,31,33,34). The number of ether oxygens (including phenoxy) is 1. The average molecular weight is 509 g/mol. The van der Waals surface area contributed by atoms with Gasteiger partial charge in [-0.3, -0.25) is 0 Å². The molecule has 9 heteroatoms. The van der Waals surface area contributed by atoms with Gasteiger partial charge in [-0.2, -0.15) is 5.10 Å². The van der Waals surface area contributed by atoms with Gasteiger partial charge in [0.2, 0.25) is 0 Å². The second-order valence-electron chi connectivity index (χ2n) is 8.96. The number of aryl methyl sites for hydroxylation is 1. The maximum Gasteiger partial charge on any atom is 0.354 e. The zero-order chi connectivity index (χ0) is 26.5. The molecule has 2 heterocycles. The van der Waals surface area contributed by atoms with Gasteiger partial charge < -0.3 is 9.84 Å². The van der Waals surface area contributed by atoms with Crippen molar-refractivity contribution in [3.8, 4) is 34.0 Å². The molecule has 0 atom stereocenters. The molecule has 9 nitrogen and oxygen atoms in total. The molecule has 5 aromatic rings. The smallest absolute Gasteiger partial charge is 0.354 e. The lowest BCUT2D eigenvalue weighted by atomic mass is 9.95. The zero-order valence-corrected chi connectivity index (χ0v) is 21.3. The number of nitrogens with one attached hydrogen (secondary N) is 1. The largest absolute Gasteiger partial charge is 0.497 e. The number of aromatic carboxylic acids is 1. The second-order valence-corrected chi connectivity index (χ2v) is 8.96. The number of aromatic nitrogens is 6. The van der Waals surface area contributed by atoms with E-state index in [0.29, 0.717) is 30.1 Å². The predicted molar refractivity (Wildman–Crippen MR) is 144 cm³/mol. The summed E-state index contributed by atoms with van der Waals surface area (Å²) in [6, 6.07) is 23.3. The van der Waals surface area contributed by atoms with Crippen LogP contribution in [0.1, 0.15) is 47.1 Å². The van der Waals surface area contributed by atoms with Crippen LogP contribution >= 0.6 is 0 Å². The van der Waals surface area contributed by atoms with E-state index in [4.69, 9.17) is 9.84 Å². The van der Waals surface area contributed by atoms with E-state index < -0.39 is 5.97 Å². The molecular weight excluding hydrogens is 480 g/mol. The number of carboxylic acids is 1. The quantitative estimate of drug-likeness (QED) is 0.261. The fraction of sp³-hybridized carbons (Fsp3) is 0.207. The van der Waals surface area contributed by atoms with Gasteiger partial charge >= 0.3 is 5.97 Å². The van der Waals surface area contributed by atoms with Crippen LogP contribution in [0.15, 0.2) is 72.8 Å². The summed E-state index contributed by atoms with van der Waals surface area (Å²) in [6.07, 6.45) is 3.10. The molecule has 3 aromatic carbocycles. The minimum absolute atomic E-state index is 0.188. The number of benzene rings is 3. The van der Waals surface area contributed by atoms with Crippen molar-refractivity contribution in [2.45, 2.75) is 32.6 Å². The number of tetrazole rings is 1. The van der Waals surface area contributed by atoms with Gasteiger partial charge in [0.1, 0.15) is 5.75 Å². The first-order valence-electron chi connectivity index (χ1n) is 12.5. The Morgan fingerprint density at radius 1 is 1.00 bits per heavy atom. The van der Waals surface area contributed by atoms with Crippen molar-refractivity contribution in [1.29, 1.82) is 0 Å². The van der Waals surface area contributed by atoms with E-state index in [-0.39, 0.29) is 5.69 Å². The van der Waals surface area contributed by atoms with Crippen molar-refractivity contribution < 1.29 is 14.6 Å². The van der Waals surface area contributed by atoms with Gasteiger partial charge in [0.05, 0.1) is 18.5 Å². The van der Waals surface area contributed by atoms with Gasteiger partial charge in [-0.15, -0.1) is 5.10 Å². The Hall–Kier alpha value is -4.79. The van der Waals surface area contributed by atoms with E-state index in [1.807, 2.05) is 60.7 Å². The van der Waals surface area contributed by atoms with E-state index >= 15 is 0 Å². The first-order valence-corrected chi connectivity index (χ1v) is 12.5. The lowest BCUT2D eigenvalue weighted by molar-refractivity contribution is 0.0686. The Kier molecular flexibility index (Phi) is 7.26. The summed E-state index contributed by atoms with van der Waals surface area (Å²) >= 11 is 0. The summed E-state index contributed by atoms with van der Waals surface area (Å²) in [6.45, 7) is 2.11. The molecule has 0 amide bonds. The van der Waals surface area contributed by atoms with Crippen molar-refractivity contribution >= 4 is 5.97 Å². The van der Waals surface area contributed by atoms with Gasteiger partial charge in [0, 0.05) is 17.5 Å². The highest BCUT2D eigenvalue weighted by molar-refractivity contribution is 5.89. The molecule has 0 spiro atoms. The third kappa shape index (κ3) is 5.04. The normalized spacial score (nSPS) is 11.0. The fourth-order valence-corrected chi connectivity index (χ4v) is 4.58. The summed E-state index contributed by atoms with van der Waals surface area (Å²) in [5.41, 5.74) is 6.34. The van der Waals surface area contributed by atoms with E-state index in [0.717, 1.165) is 46.4 Å². The number of nitrogens with zero attached hydrogens (tertiary/aromatic N) is 5. The van der Waals surface area contributed by atoms with Crippen LogP contribution in [0.2, 0.25) is 0 Å². The first-order chi connectivity index (χ1) is 18.6. The Balaban J connectivity index is 1.51. The molecule has 0 bridgehead atoms. The molecule has 0 aliphatic carbocycles. The minimum Gasteiger partial charge on any atom is -0.497 e. The third-order valence-corrected chi connectivity index (χ3v) is 6.53. The monoisotopic (exact) mass is 508 g/mol. The average Bonchev–Trinajstić information content (AvgIpc) is 3.61. The number of hydrogen-bond acceptors (Lipinski definition) is 6. The van der Waals surface area contributed by atoms with Crippen molar-refractivity contribution in [3.05, 3.63) is 95.3 Å². The number of unbranched alkanes of at least 4 members (excludes halogenated alkanes) is 1. The molecule has 2 aromatic heterocycles. The van der Waals surface area contributed by atoms with Gasteiger partial charge in [-0.1, -0.05) is 61.9 Å². The van der Waals surface area contributed by atoms with Gasteiger partial charge in [0.25, 0.3) is 0 Å². The van der Waals surface area contributed by atoms with Gasteiger partial charge in [-0.25, -0.2) is 14.6 Å². The topological polar surface area (TPSA) is 119 Å². The number of carboxylic acid groups (broad SMARTS) is 1. The highest BCUT2D eigenvalue weighted by atomic mass is 16.5. The molecule has 2 N–H and O–H groups in total. The molecule has 38 heavy (non-hydrogen) atoms. The molecule has 0 radical (unpaired) electrons. The zero-order valence-electron chi connectivity index (χ0n) is 21.3. The van der Waals surface area contributed by atoms with Crippen LogP contribution in [0.3, 0.4) is 0 Å². The fourth-order valence-electron chi connectivity index (χ4n) is 4.58. The lowest BCUT2D eigenvalue weighted by Crippen LogP contribution is -2.10. The lowest BCUT2D eigenvalue weighted by Gasteiger charge is -2.10. The van der Waals surface area contributed by atoms with Crippen LogP contribution in [-0.4, -0.2) is 48.6 Å². The van der Waals surface area contributed by atoms with Crippen molar-refractivity contribution in [2.75, 3.05) is 7.11 Å². The van der Waals surface area contributed by atoms with Crippen molar-refractivity contribution in [3.63, 3.8) is 0 Å². The van der Waals surface area contributed by atoms with Crippen LogP contribution in [-0.2, 0) is 12.8 Å². The van der Waals surface area contributed by atoms with Crippen LogP contribution in [0.4, 0.5) is 0 Å². The second kappa shape index (κ2) is 11.1. The van der Waals surface area contributed by atoms with E-state index in [1.165, 1.54) is 4.68 Å². The van der Waals surface area contributed by atoms with Crippen LogP contribution in [0, 0.1) is 0 Å². The van der Waals surface area contributed by atoms with Crippen molar-refractivity contribution in [2.24, 2.45) is 0 Å². The summed E-state index contributed by atoms with van der Waals surface area (Å²) in [5.74, 6) is 0.296. The number of H-pyrrole nitrogens is 1. The number of rotatable bonds is 10. The van der Waals surface area contributed by atoms with Crippen LogP contribution in [0.5, 0.6) is 5.75 Å².